The average Bonchev–Trinajstić information content (AvgIpc) is 2.31. The molecule has 1 heterocycles. The molecule has 0 spiro atoms. The van der Waals surface area contributed by atoms with Gasteiger partial charge in [0.15, 0.2) is 0 Å². The Labute approximate surface area is 99.8 Å². The van der Waals surface area contributed by atoms with E-state index in [1.54, 1.807) is 20.0 Å². The van der Waals surface area contributed by atoms with Crippen LogP contribution in [0.1, 0.15) is 16.1 Å². The number of anilines is 1. The third kappa shape index (κ3) is 3.17. The van der Waals surface area contributed by atoms with Crippen LogP contribution in [0.5, 0.6) is 0 Å². The van der Waals surface area contributed by atoms with Gasteiger partial charge in [-0.15, -0.1) is 0 Å². The molecule has 0 aliphatic rings. The summed E-state index contributed by atoms with van der Waals surface area (Å²) in [4.78, 5) is 28.5. The van der Waals surface area contributed by atoms with Crippen molar-refractivity contribution < 1.29 is 9.59 Å². The Morgan fingerprint density at radius 3 is 2.76 bits per heavy atom. The summed E-state index contributed by atoms with van der Waals surface area (Å²) in [5, 5.41) is 2.46. The van der Waals surface area contributed by atoms with Gasteiger partial charge < -0.3 is 16.0 Å². The monoisotopic (exact) mass is 236 g/mol. The highest BCUT2D eigenvalue weighted by atomic mass is 16.2. The summed E-state index contributed by atoms with van der Waals surface area (Å²) in [7, 11) is 3.08. The van der Waals surface area contributed by atoms with E-state index in [9.17, 15) is 9.59 Å². The van der Waals surface area contributed by atoms with E-state index in [0.29, 0.717) is 16.9 Å². The molecule has 0 unspecified atom stereocenters. The number of nitrogens with one attached hydrogen (secondary N) is 1. The van der Waals surface area contributed by atoms with Crippen molar-refractivity contribution in [3.8, 4) is 0 Å². The predicted molar refractivity (Wildman–Crippen MR) is 64.4 cm³/mol. The predicted octanol–water partition coefficient (Wildman–Crippen LogP) is -0.210. The molecule has 1 aromatic rings. The van der Waals surface area contributed by atoms with Crippen LogP contribution in [0.15, 0.2) is 12.3 Å². The normalized spacial score (nSPS) is 9.82. The van der Waals surface area contributed by atoms with Crippen LogP contribution in [0.4, 0.5) is 5.69 Å². The Hall–Kier alpha value is -2.11. The molecule has 6 heteroatoms. The van der Waals surface area contributed by atoms with Crippen LogP contribution in [0.2, 0.25) is 0 Å². The lowest BCUT2D eigenvalue weighted by Crippen LogP contribution is -2.37. The van der Waals surface area contributed by atoms with Gasteiger partial charge in [0.05, 0.1) is 29.7 Å². The minimum absolute atomic E-state index is 0.00354. The number of carbonyl (C=O) groups excluding carboxylic acids is 2. The van der Waals surface area contributed by atoms with Gasteiger partial charge in [-0.3, -0.25) is 14.6 Å². The van der Waals surface area contributed by atoms with Crippen molar-refractivity contribution in [1.29, 1.82) is 0 Å². The van der Waals surface area contributed by atoms with E-state index < -0.39 is 0 Å². The maximum absolute atomic E-state index is 12.0. The summed E-state index contributed by atoms with van der Waals surface area (Å²) in [5.74, 6) is -0.499. The van der Waals surface area contributed by atoms with Gasteiger partial charge in [0.2, 0.25) is 5.91 Å². The molecule has 0 atom stereocenters. The molecule has 0 aliphatic carbocycles. The van der Waals surface area contributed by atoms with Gasteiger partial charge in [0, 0.05) is 14.1 Å². The van der Waals surface area contributed by atoms with E-state index in [1.807, 2.05) is 0 Å². The molecule has 0 saturated heterocycles. The molecule has 0 saturated carbocycles. The summed E-state index contributed by atoms with van der Waals surface area (Å²) in [6.45, 7) is 1.73. The second kappa shape index (κ2) is 5.29. The second-order valence-corrected chi connectivity index (χ2v) is 3.74. The Balaban J connectivity index is 2.88. The number of nitrogens with two attached hydrogens (primary N) is 1. The molecule has 0 aliphatic heterocycles. The second-order valence-electron chi connectivity index (χ2n) is 3.74. The molecular weight excluding hydrogens is 220 g/mol. The summed E-state index contributed by atoms with van der Waals surface area (Å²) in [6, 6.07) is 1.56. The van der Waals surface area contributed by atoms with Gasteiger partial charge in [-0.05, 0) is 13.0 Å². The number of hydrogen-bond donors (Lipinski definition) is 2. The van der Waals surface area contributed by atoms with Crippen LogP contribution in [0, 0.1) is 6.92 Å². The van der Waals surface area contributed by atoms with Crippen molar-refractivity contribution in [2.75, 3.05) is 26.4 Å². The minimum atomic E-state index is -0.272. The number of nitrogen functional groups attached to an aromatic ring is 1. The fourth-order valence-corrected chi connectivity index (χ4v) is 1.34. The Bertz CT molecular complexity index is 445. The molecule has 1 aromatic heterocycles. The van der Waals surface area contributed by atoms with E-state index in [1.165, 1.54) is 18.1 Å². The Morgan fingerprint density at radius 2 is 2.18 bits per heavy atom. The van der Waals surface area contributed by atoms with Crippen molar-refractivity contribution in [3.05, 3.63) is 23.5 Å². The first-order valence-corrected chi connectivity index (χ1v) is 5.14. The van der Waals surface area contributed by atoms with Crippen molar-refractivity contribution in [2.45, 2.75) is 6.92 Å². The van der Waals surface area contributed by atoms with Crippen LogP contribution in [-0.4, -0.2) is 42.3 Å². The third-order valence-electron chi connectivity index (χ3n) is 2.34. The smallest absolute Gasteiger partial charge is 0.255 e. The summed E-state index contributed by atoms with van der Waals surface area (Å²) in [5.41, 5.74) is 7.01. The fourth-order valence-electron chi connectivity index (χ4n) is 1.34. The van der Waals surface area contributed by atoms with E-state index in [-0.39, 0.29) is 18.4 Å². The first-order valence-electron chi connectivity index (χ1n) is 5.14. The van der Waals surface area contributed by atoms with E-state index >= 15 is 0 Å². The first kappa shape index (κ1) is 13.0. The standard InChI is InChI=1S/C11H16N4O2/c1-7-9(4-8(12)5-14-7)11(17)15(3)6-10(16)13-2/h4-5H,6,12H2,1-3H3,(H,13,16). The molecule has 3 N–H and O–H groups in total. The molecule has 17 heavy (non-hydrogen) atoms. The number of aryl methyl sites for hydroxylation is 1. The van der Waals surface area contributed by atoms with E-state index in [0.717, 1.165) is 0 Å². The Morgan fingerprint density at radius 1 is 1.53 bits per heavy atom. The molecule has 0 fully saturated rings. The van der Waals surface area contributed by atoms with Crippen LogP contribution in [0.25, 0.3) is 0 Å². The maximum Gasteiger partial charge on any atom is 0.255 e. The van der Waals surface area contributed by atoms with Gasteiger partial charge in [0.1, 0.15) is 0 Å². The third-order valence-corrected chi connectivity index (χ3v) is 2.34. The van der Waals surface area contributed by atoms with Crippen molar-refractivity contribution >= 4 is 17.5 Å². The van der Waals surface area contributed by atoms with E-state index in [2.05, 4.69) is 10.3 Å². The largest absolute Gasteiger partial charge is 0.397 e. The number of nitrogens with zero attached hydrogens (tertiary/aromatic N) is 2. The summed E-state index contributed by atoms with van der Waals surface area (Å²) in [6.07, 6.45) is 1.49. The van der Waals surface area contributed by atoms with Crippen molar-refractivity contribution in [1.82, 2.24) is 15.2 Å². The number of aromatic nitrogens is 1. The molecule has 0 radical (unpaired) electrons. The topological polar surface area (TPSA) is 88.3 Å². The van der Waals surface area contributed by atoms with Gasteiger partial charge in [-0.2, -0.15) is 0 Å². The molecule has 6 nitrogen and oxygen atoms in total. The number of pyridine rings is 1. The summed E-state index contributed by atoms with van der Waals surface area (Å²) < 4.78 is 0. The fraction of sp³-hybridized carbons (Fsp3) is 0.364. The van der Waals surface area contributed by atoms with Gasteiger partial charge in [-0.25, -0.2) is 0 Å². The minimum Gasteiger partial charge on any atom is -0.397 e. The zero-order valence-corrected chi connectivity index (χ0v) is 10.2. The van der Waals surface area contributed by atoms with Crippen LogP contribution in [-0.2, 0) is 4.79 Å². The van der Waals surface area contributed by atoms with Gasteiger partial charge in [0.25, 0.3) is 5.91 Å². The van der Waals surface area contributed by atoms with Crippen molar-refractivity contribution in [2.24, 2.45) is 0 Å². The molecular formula is C11H16N4O2. The summed E-state index contributed by atoms with van der Waals surface area (Å²) >= 11 is 0. The zero-order chi connectivity index (χ0) is 13.0. The van der Waals surface area contributed by atoms with Gasteiger partial charge in [-0.1, -0.05) is 0 Å². The highest BCUT2D eigenvalue weighted by Gasteiger charge is 2.17. The number of carbonyl (C=O) groups is 2. The molecule has 92 valence electrons. The quantitative estimate of drug-likeness (QED) is 0.760. The number of rotatable bonds is 3. The van der Waals surface area contributed by atoms with Crippen LogP contribution >= 0.6 is 0 Å². The number of hydrogen-bond acceptors (Lipinski definition) is 4. The highest BCUT2D eigenvalue weighted by Crippen LogP contribution is 2.11. The average molecular weight is 236 g/mol. The lowest BCUT2D eigenvalue weighted by atomic mass is 10.1. The Kier molecular flexibility index (Phi) is 4.03. The number of amides is 2. The molecule has 0 aromatic carbocycles. The van der Waals surface area contributed by atoms with Crippen LogP contribution < -0.4 is 11.1 Å². The highest BCUT2D eigenvalue weighted by molar-refractivity contribution is 5.97. The molecule has 2 amide bonds. The molecule has 0 bridgehead atoms. The van der Waals surface area contributed by atoms with Crippen molar-refractivity contribution in [3.63, 3.8) is 0 Å². The maximum atomic E-state index is 12.0. The molecule has 1 rings (SSSR count). The number of likely N-dealkylation sites (N-methyl/N-ethyl adjacent to an activating group) is 2. The first-order chi connectivity index (χ1) is 7.95. The van der Waals surface area contributed by atoms with Gasteiger partial charge >= 0.3 is 0 Å². The zero-order valence-electron chi connectivity index (χ0n) is 10.2. The van der Waals surface area contributed by atoms with Crippen LogP contribution in [0.3, 0.4) is 0 Å². The lowest BCUT2D eigenvalue weighted by molar-refractivity contribution is -0.121. The lowest BCUT2D eigenvalue weighted by Gasteiger charge is -2.17. The van der Waals surface area contributed by atoms with E-state index in [4.69, 9.17) is 5.73 Å². The SMILES string of the molecule is CNC(=O)CN(C)C(=O)c1cc(N)cnc1C.